The normalized spacial score (nSPS) is 18.7. The molecular formula is C12H20N4O3. The maximum Gasteiger partial charge on any atom is 0.295 e. The number of nitrogens with zero attached hydrogens (tertiary/aromatic N) is 3. The van der Waals surface area contributed by atoms with Gasteiger partial charge in [-0.1, -0.05) is 5.16 Å². The molecule has 2 rings (SSSR count). The highest BCUT2D eigenvalue weighted by molar-refractivity contribution is 5.90. The fourth-order valence-corrected chi connectivity index (χ4v) is 2.17. The Kier molecular flexibility index (Phi) is 4.86. The van der Waals surface area contributed by atoms with E-state index in [1.807, 2.05) is 6.92 Å². The van der Waals surface area contributed by atoms with Gasteiger partial charge in [-0.15, -0.1) is 0 Å². The topological polar surface area (TPSA) is 91.5 Å². The van der Waals surface area contributed by atoms with Crippen LogP contribution in [0.5, 0.6) is 0 Å². The highest BCUT2D eigenvalue weighted by atomic mass is 16.5. The molecule has 0 spiro atoms. The molecule has 0 radical (unpaired) electrons. The highest BCUT2D eigenvalue weighted by Gasteiger charge is 2.25. The third-order valence-corrected chi connectivity index (χ3v) is 3.25. The van der Waals surface area contributed by atoms with Gasteiger partial charge in [0.1, 0.15) is 0 Å². The minimum Gasteiger partial charge on any atom is -0.396 e. The summed E-state index contributed by atoms with van der Waals surface area (Å²) >= 11 is 0. The molecule has 1 saturated heterocycles. The Morgan fingerprint density at radius 2 is 2.47 bits per heavy atom. The molecule has 0 saturated carbocycles. The van der Waals surface area contributed by atoms with Gasteiger partial charge in [0.2, 0.25) is 5.89 Å². The Morgan fingerprint density at radius 3 is 3.11 bits per heavy atom. The van der Waals surface area contributed by atoms with Gasteiger partial charge in [0.25, 0.3) is 11.7 Å². The van der Waals surface area contributed by atoms with Crippen LogP contribution in [0, 0.1) is 0 Å². The van der Waals surface area contributed by atoms with Crippen molar-refractivity contribution in [1.82, 2.24) is 20.4 Å². The molecule has 19 heavy (non-hydrogen) atoms. The molecule has 1 unspecified atom stereocenters. The van der Waals surface area contributed by atoms with Crippen molar-refractivity contribution in [2.24, 2.45) is 0 Å². The number of amides is 1. The second kappa shape index (κ2) is 6.63. The van der Waals surface area contributed by atoms with Gasteiger partial charge in [0.15, 0.2) is 0 Å². The van der Waals surface area contributed by atoms with Crippen molar-refractivity contribution in [2.75, 3.05) is 26.2 Å². The third kappa shape index (κ3) is 3.30. The number of aliphatic hydroxyl groups excluding tert-OH is 1. The van der Waals surface area contributed by atoms with Gasteiger partial charge >= 0.3 is 0 Å². The number of nitrogens with one attached hydrogen (secondary N) is 1. The summed E-state index contributed by atoms with van der Waals surface area (Å²) in [5, 5.41) is 15.8. The summed E-state index contributed by atoms with van der Waals surface area (Å²) in [4.78, 5) is 17.9. The molecule has 1 aliphatic rings. The summed E-state index contributed by atoms with van der Waals surface area (Å²) in [6.45, 7) is 3.94. The van der Waals surface area contributed by atoms with Crippen LogP contribution >= 0.6 is 0 Å². The summed E-state index contributed by atoms with van der Waals surface area (Å²) in [6, 6.07) is 0.0709. The summed E-state index contributed by atoms with van der Waals surface area (Å²) in [5.41, 5.74) is 0. The first-order chi connectivity index (χ1) is 9.26. The van der Waals surface area contributed by atoms with Gasteiger partial charge in [-0.2, -0.15) is 4.98 Å². The van der Waals surface area contributed by atoms with E-state index in [-0.39, 0.29) is 24.4 Å². The summed E-state index contributed by atoms with van der Waals surface area (Å²) < 4.78 is 5.15. The Hall–Kier alpha value is -1.47. The quantitative estimate of drug-likeness (QED) is 0.773. The van der Waals surface area contributed by atoms with Gasteiger partial charge in [-0.3, -0.25) is 4.79 Å². The van der Waals surface area contributed by atoms with Gasteiger partial charge < -0.3 is 19.8 Å². The van der Waals surface area contributed by atoms with Crippen molar-refractivity contribution < 1.29 is 14.4 Å². The SMILES string of the molecule is CCN(CCCO)C(=O)c1noc(C2CCCN2)n1. The van der Waals surface area contributed by atoms with E-state index >= 15 is 0 Å². The second-order valence-corrected chi connectivity index (χ2v) is 4.57. The standard InChI is InChI=1S/C12H20N4O3/c1-2-16(7-4-8-17)12(18)10-14-11(19-15-10)9-5-3-6-13-9/h9,13,17H,2-8H2,1H3. The fourth-order valence-electron chi connectivity index (χ4n) is 2.17. The molecule has 2 N–H and O–H groups in total. The largest absolute Gasteiger partial charge is 0.396 e. The zero-order chi connectivity index (χ0) is 13.7. The van der Waals surface area contributed by atoms with Crippen LogP contribution in [0.4, 0.5) is 0 Å². The van der Waals surface area contributed by atoms with Crippen molar-refractivity contribution >= 4 is 5.91 Å². The van der Waals surface area contributed by atoms with Crippen LogP contribution < -0.4 is 5.32 Å². The number of hydrogen-bond acceptors (Lipinski definition) is 6. The Balaban J connectivity index is 2.01. The van der Waals surface area contributed by atoms with Crippen molar-refractivity contribution in [2.45, 2.75) is 32.2 Å². The molecule has 1 aliphatic heterocycles. The Bertz CT molecular complexity index is 415. The molecule has 0 aliphatic carbocycles. The smallest absolute Gasteiger partial charge is 0.295 e. The molecule has 7 heteroatoms. The molecule has 1 atom stereocenters. The van der Waals surface area contributed by atoms with Crippen LogP contribution in [0.15, 0.2) is 4.52 Å². The lowest BCUT2D eigenvalue weighted by Gasteiger charge is -2.18. The molecule has 0 bridgehead atoms. The zero-order valence-corrected chi connectivity index (χ0v) is 11.1. The monoisotopic (exact) mass is 268 g/mol. The lowest BCUT2D eigenvalue weighted by atomic mass is 10.2. The molecule has 106 valence electrons. The molecule has 1 aromatic rings. The van der Waals surface area contributed by atoms with Crippen LogP contribution in [0.3, 0.4) is 0 Å². The molecule has 1 amide bonds. The van der Waals surface area contributed by atoms with Crippen molar-refractivity contribution in [1.29, 1.82) is 0 Å². The first-order valence-corrected chi connectivity index (χ1v) is 6.73. The van der Waals surface area contributed by atoms with Gasteiger partial charge in [-0.25, -0.2) is 0 Å². The summed E-state index contributed by atoms with van der Waals surface area (Å²) in [6.07, 6.45) is 2.58. The number of hydrogen-bond donors (Lipinski definition) is 2. The van der Waals surface area contributed by atoms with Crippen LogP contribution in [-0.4, -0.2) is 52.3 Å². The molecule has 1 fully saturated rings. The number of carbonyl (C=O) groups is 1. The van der Waals surface area contributed by atoms with Crippen molar-refractivity contribution in [3.05, 3.63) is 11.7 Å². The highest BCUT2D eigenvalue weighted by Crippen LogP contribution is 2.21. The molecule has 2 heterocycles. The van der Waals surface area contributed by atoms with Crippen LogP contribution in [-0.2, 0) is 0 Å². The summed E-state index contributed by atoms with van der Waals surface area (Å²) in [7, 11) is 0. The second-order valence-electron chi connectivity index (χ2n) is 4.57. The number of aliphatic hydroxyl groups is 1. The third-order valence-electron chi connectivity index (χ3n) is 3.25. The van der Waals surface area contributed by atoms with E-state index in [1.165, 1.54) is 0 Å². The maximum atomic E-state index is 12.1. The molecular weight excluding hydrogens is 248 g/mol. The van der Waals surface area contributed by atoms with E-state index in [0.29, 0.717) is 25.4 Å². The number of rotatable bonds is 6. The van der Waals surface area contributed by atoms with E-state index in [9.17, 15) is 4.79 Å². The minimum atomic E-state index is -0.246. The van der Waals surface area contributed by atoms with E-state index < -0.39 is 0 Å². The Labute approximate surface area is 112 Å². The fraction of sp³-hybridized carbons (Fsp3) is 0.750. The molecule has 0 aromatic carbocycles. The predicted molar refractivity (Wildman–Crippen MR) is 67.6 cm³/mol. The van der Waals surface area contributed by atoms with E-state index in [0.717, 1.165) is 19.4 Å². The van der Waals surface area contributed by atoms with Gasteiger partial charge in [0, 0.05) is 19.7 Å². The summed E-state index contributed by atoms with van der Waals surface area (Å²) in [5.74, 6) is 0.339. The van der Waals surface area contributed by atoms with Crippen molar-refractivity contribution in [3.63, 3.8) is 0 Å². The average molecular weight is 268 g/mol. The van der Waals surface area contributed by atoms with Crippen LogP contribution in [0.25, 0.3) is 0 Å². The van der Waals surface area contributed by atoms with Gasteiger partial charge in [0.05, 0.1) is 6.04 Å². The lowest BCUT2D eigenvalue weighted by molar-refractivity contribution is 0.0738. The van der Waals surface area contributed by atoms with Crippen LogP contribution in [0.2, 0.25) is 0 Å². The van der Waals surface area contributed by atoms with E-state index in [2.05, 4.69) is 15.5 Å². The maximum absolute atomic E-state index is 12.1. The van der Waals surface area contributed by atoms with E-state index in [4.69, 9.17) is 9.63 Å². The minimum absolute atomic E-state index is 0.0628. The van der Waals surface area contributed by atoms with Crippen LogP contribution in [0.1, 0.15) is 48.7 Å². The number of aromatic nitrogens is 2. The first-order valence-electron chi connectivity index (χ1n) is 6.73. The van der Waals surface area contributed by atoms with Gasteiger partial charge in [-0.05, 0) is 32.7 Å². The molecule has 1 aromatic heterocycles. The Morgan fingerprint density at radius 1 is 1.63 bits per heavy atom. The average Bonchev–Trinajstić information content (AvgIpc) is 3.10. The predicted octanol–water partition coefficient (Wildman–Crippen LogP) is 0.339. The lowest BCUT2D eigenvalue weighted by Crippen LogP contribution is -2.33. The molecule has 7 nitrogen and oxygen atoms in total. The number of carbonyl (C=O) groups excluding carboxylic acids is 1. The first kappa shape index (κ1) is 14.0. The van der Waals surface area contributed by atoms with Crippen molar-refractivity contribution in [3.8, 4) is 0 Å². The zero-order valence-electron chi connectivity index (χ0n) is 11.1. The van der Waals surface area contributed by atoms with E-state index in [1.54, 1.807) is 4.90 Å².